The van der Waals surface area contributed by atoms with Crippen molar-refractivity contribution in [3.63, 3.8) is 0 Å². The molecule has 0 heterocycles. The summed E-state index contributed by atoms with van der Waals surface area (Å²) in [5.74, 6) is -0.213. The van der Waals surface area contributed by atoms with Crippen LogP contribution in [0.25, 0.3) is 0 Å². The normalized spacial score (nSPS) is 12.6. The SMILES string of the molecule is CCCC(=O)N[C@@H](CC(C)C)C(N)=O. The molecule has 0 aliphatic carbocycles. The van der Waals surface area contributed by atoms with Crippen molar-refractivity contribution in [1.82, 2.24) is 5.32 Å². The smallest absolute Gasteiger partial charge is 0.240 e. The van der Waals surface area contributed by atoms with Crippen molar-refractivity contribution in [3.8, 4) is 0 Å². The van der Waals surface area contributed by atoms with Crippen molar-refractivity contribution in [3.05, 3.63) is 0 Å². The number of amides is 2. The summed E-state index contributed by atoms with van der Waals surface area (Å²) in [6, 6.07) is -0.519. The molecule has 0 aromatic carbocycles. The lowest BCUT2D eigenvalue weighted by Crippen LogP contribution is -2.45. The highest BCUT2D eigenvalue weighted by Gasteiger charge is 2.18. The molecule has 0 fully saturated rings. The molecule has 0 aromatic rings. The second-order valence-corrected chi connectivity index (χ2v) is 3.90. The van der Waals surface area contributed by atoms with E-state index in [0.29, 0.717) is 18.8 Å². The van der Waals surface area contributed by atoms with Gasteiger partial charge in [-0.15, -0.1) is 0 Å². The summed E-state index contributed by atoms with van der Waals surface area (Å²) in [6.45, 7) is 5.89. The molecule has 3 N–H and O–H groups in total. The van der Waals surface area contributed by atoms with Crippen LogP contribution in [-0.2, 0) is 9.59 Å². The van der Waals surface area contributed by atoms with Crippen LogP contribution in [0.1, 0.15) is 40.0 Å². The monoisotopic (exact) mass is 200 g/mol. The number of nitrogens with two attached hydrogens (primary N) is 1. The molecule has 14 heavy (non-hydrogen) atoms. The number of carbonyl (C=O) groups is 2. The second-order valence-electron chi connectivity index (χ2n) is 3.90. The lowest BCUT2D eigenvalue weighted by Gasteiger charge is -2.17. The Morgan fingerprint density at radius 3 is 2.29 bits per heavy atom. The number of hydrogen-bond donors (Lipinski definition) is 2. The Kier molecular flexibility index (Phi) is 5.92. The maximum Gasteiger partial charge on any atom is 0.240 e. The second kappa shape index (κ2) is 6.40. The van der Waals surface area contributed by atoms with Gasteiger partial charge in [0.2, 0.25) is 11.8 Å². The summed E-state index contributed by atoms with van der Waals surface area (Å²) in [7, 11) is 0. The van der Waals surface area contributed by atoms with Gasteiger partial charge in [0.15, 0.2) is 0 Å². The molecule has 4 heteroatoms. The van der Waals surface area contributed by atoms with Gasteiger partial charge in [0, 0.05) is 6.42 Å². The van der Waals surface area contributed by atoms with E-state index in [4.69, 9.17) is 5.73 Å². The maximum atomic E-state index is 11.2. The Morgan fingerprint density at radius 1 is 1.36 bits per heavy atom. The molecule has 0 radical (unpaired) electrons. The van der Waals surface area contributed by atoms with E-state index in [0.717, 1.165) is 6.42 Å². The van der Waals surface area contributed by atoms with Crippen molar-refractivity contribution < 1.29 is 9.59 Å². The van der Waals surface area contributed by atoms with Gasteiger partial charge < -0.3 is 11.1 Å². The topological polar surface area (TPSA) is 72.2 Å². The minimum atomic E-state index is -0.519. The van der Waals surface area contributed by atoms with E-state index in [9.17, 15) is 9.59 Å². The maximum absolute atomic E-state index is 11.2. The number of nitrogens with one attached hydrogen (secondary N) is 1. The predicted octanol–water partition coefficient (Wildman–Crippen LogP) is 0.803. The first kappa shape index (κ1) is 12.9. The van der Waals surface area contributed by atoms with Crippen LogP contribution < -0.4 is 11.1 Å². The Morgan fingerprint density at radius 2 is 1.93 bits per heavy atom. The van der Waals surface area contributed by atoms with E-state index in [1.165, 1.54) is 0 Å². The summed E-state index contributed by atoms with van der Waals surface area (Å²) < 4.78 is 0. The molecule has 0 aliphatic rings. The van der Waals surface area contributed by atoms with Gasteiger partial charge in [0.25, 0.3) is 0 Å². The number of hydrogen-bond acceptors (Lipinski definition) is 2. The summed E-state index contributed by atoms with van der Waals surface area (Å²) in [4.78, 5) is 22.2. The highest BCUT2D eigenvalue weighted by Crippen LogP contribution is 2.04. The third-order valence-corrected chi connectivity index (χ3v) is 1.86. The fourth-order valence-corrected chi connectivity index (χ4v) is 1.21. The van der Waals surface area contributed by atoms with Crippen LogP contribution in [0.2, 0.25) is 0 Å². The van der Waals surface area contributed by atoms with E-state index < -0.39 is 11.9 Å². The van der Waals surface area contributed by atoms with Crippen molar-refractivity contribution >= 4 is 11.8 Å². The lowest BCUT2D eigenvalue weighted by atomic mass is 10.0. The van der Waals surface area contributed by atoms with Crippen LogP contribution in [-0.4, -0.2) is 17.9 Å². The summed E-state index contributed by atoms with van der Waals surface area (Å²) in [5.41, 5.74) is 5.18. The van der Waals surface area contributed by atoms with Crippen LogP contribution in [0.15, 0.2) is 0 Å². The molecule has 4 nitrogen and oxygen atoms in total. The van der Waals surface area contributed by atoms with Gasteiger partial charge in [0.1, 0.15) is 6.04 Å². The van der Waals surface area contributed by atoms with Gasteiger partial charge in [-0.05, 0) is 18.8 Å². The molecule has 0 bridgehead atoms. The first-order chi connectivity index (χ1) is 6.47. The van der Waals surface area contributed by atoms with Crippen molar-refractivity contribution in [2.75, 3.05) is 0 Å². The molecule has 1 atom stereocenters. The lowest BCUT2D eigenvalue weighted by molar-refractivity contribution is -0.127. The molecule has 0 aromatic heterocycles. The predicted molar refractivity (Wildman–Crippen MR) is 55.5 cm³/mol. The summed E-state index contributed by atoms with van der Waals surface area (Å²) in [5, 5.41) is 2.64. The van der Waals surface area contributed by atoms with Crippen LogP contribution >= 0.6 is 0 Å². The fraction of sp³-hybridized carbons (Fsp3) is 0.800. The fourth-order valence-electron chi connectivity index (χ4n) is 1.21. The first-order valence-electron chi connectivity index (χ1n) is 5.06. The summed E-state index contributed by atoms with van der Waals surface area (Å²) >= 11 is 0. The number of rotatable bonds is 6. The summed E-state index contributed by atoms with van der Waals surface area (Å²) in [6.07, 6.45) is 1.83. The van der Waals surface area contributed by atoms with Gasteiger partial charge in [-0.3, -0.25) is 9.59 Å². The molecule has 0 spiro atoms. The highest BCUT2D eigenvalue weighted by molar-refractivity contribution is 5.86. The zero-order valence-electron chi connectivity index (χ0n) is 9.17. The van der Waals surface area contributed by atoms with Gasteiger partial charge >= 0.3 is 0 Å². The molecule has 0 saturated carbocycles. The zero-order valence-corrected chi connectivity index (χ0v) is 9.17. The van der Waals surface area contributed by atoms with Crippen LogP contribution in [0.3, 0.4) is 0 Å². The minimum absolute atomic E-state index is 0.100. The zero-order chi connectivity index (χ0) is 11.1. The molecule has 0 rings (SSSR count). The van der Waals surface area contributed by atoms with Crippen molar-refractivity contribution in [2.24, 2.45) is 11.7 Å². The molecule has 0 unspecified atom stereocenters. The quantitative estimate of drug-likeness (QED) is 0.665. The van der Waals surface area contributed by atoms with Gasteiger partial charge in [-0.2, -0.15) is 0 Å². The van der Waals surface area contributed by atoms with Crippen molar-refractivity contribution in [2.45, 2.75) is 46.1 Å². The van der Waals surface area contributed by atoms with E-state index in [1.807, 2.05) is 20.8 Å². The third kappa shape index (κ3) is 5.56. The van der Waals surface area contributed by atoms with Gasteiger partial charge in [-0.25, -0.2) is 0 Å². The van der Waals surface area contributed by atoms with Crippen LogP contribution in [0.4, 0.5) is 0 Å². The van der Waals surface area contributed by atoms with E-state index >= 15 is 0 Å². The van der Waals surface area contributed by atoms with E-state index in [1.54, 1.807) is 0 Å². The Labute approximate surface area is 85.2 Å². The van der Waals surface area contributed by atoms with Crippen molar-refractivity contribution in [1.29, 1.82) is 0 Å². The standard InChI is InChI=1S/C10H20N2O2/c1-4-5-9(13)12-8(10(11)14)6-7(2)3/h7-8H,4-6H2,1-3H3,(H2,11,14)(H,12,13)/t8-/m0/s1. The molecule has 0 saturated heterocycles. The average Bonchev–Trinajstić information content (AvgIpc) is 2.02. The Balaban J connectivity index is 4.09. The Bertz CT molecular complexity index is 202. The number of primary amides is 1. The molecule has 82 valence electrons. The third-order valence-electron chi connectivity index (χ3n) is 1.86. The van der Waals surface area contributed by atoms with Gasteiger partial charge in [-0.1, -0.05) is 20.8 Å². The molecular weight excluding hydrogens is 180 g/mol. The average molecular weight is 200 g/mol. The minimum Gasteiger partial charge on any atom is -0.368 e. The van der Waals surface area contributed by atoms with E-state index in [2.05, 4.69) is 5.32 Å². The molecule has 2 amide bonds. The van der Waals surface area contributed by atoms with E-state index in [-0.39, 0.29) is 5.91 Å². The highest BCUT2D eigenvalue weighted by atomic mass is 16.2. The van der Waals surface area contributed by atoms with Crippen LogP contribution in [0.5, 0.6) is 0 Å². The Hall–Kier alpha value is -1.06. The first-order valence-corrected chi connectivity index (χ1v) is 5.06. The molecule has 0 aliphatic heterocycles. The largest absolute Gasteiger partial charge is 0.368 e. The van der Waals surface area contributed by atoms with Crippen LogP contribution in [0, 0.1) is 5.92 Å². The van der Waals surface area contributed by atoms with Gasteiger partial charge in [0.05, 0.1) is 0 Å². The number of carbonyl (C=O) groups excluding carboxylic acids is 2. The molecular formula is C10H20N2O2.